The Balaban J connectivity index is 2.11. The summed E-state index contributed by atoms with van der Waals surface area (Å²) in [6, 6.07) is 5.52. The van der Waals surface area contributed by atoms with Crippen molar-refractivity contribution < 1.29 is 4.39 Å². The standard InChI is InChI=1S/C16H23FN4/c1-10(2)21(5)16-7-6-13(8-15(16)17)18-9-14-11(3)19-20-12(14)4/h6-8,10,18H,9H2,1-5H3,(H,19,20). The number of halogens is 1. The molecule has 1 heterocycles. The monoisotopic (exact) mass is 290 g/mol. The van der Waals surface area contributed by atoms with Gasteiger partial charge in [0.2, 0.25) is 0 Å². The third-order valence-corrected chi connectivity index (χ3v) is 3.85. The number of H-pyrrole nitrogens is 1. The Morgan fingerprint density at radius 1 is 1.33 bits per heavy atom. The predicted octanol–water partition coefficient (Wildman–Crippen LogP) is 3.62. The van der Waals surface area contributed by atoms with Crippen LogP contribution in [-0.4, -0.2) is 23.3 Å². The number of hydrogen-bond donors (Lipinski definition) is 2. The largest absolute Gasteiger partial charge is 0.381 e. The van der Waals surface area contributed by atoms with E-state index in [0.717, 1.165) is 22.6 Å². The minimum atomic E-state index is -0.211. The second kappa shape index (κ2) is 6.16. The Labute approximate surface area is 125 Å². The topological polar surface area (TPSA) is 44.0 Å². The van der Waals surface area contributed by atoms with Crippen molar-refractivity contribution in [3.8, 4) is 0 Å². The van der Waals surface area contributed by atoms with Crippen LogP contribution in [0, 0.1) is 19.7 Å². The summed E-state index contributed by atoms with van der Waals surface area (Å²) in [5.41, 5.74) is 4.52. The Kier molecular flexibility index (Phi) is 4.50. The van der Waals surface area contributed by atoms with Gasteiger partial charge in [0, 0.05) is 36.6 Å². The molecule has 0 saturated carbocycles. The van der Waals surface area contributed by atoms with Crippen LogP contribution in [0.4, 0.5) is 15.8 Å². The predicted molar refractivity (Wildman–Crippen MR) is 85.3 cm³/mol. The first-order chi connectivity index (χ1) is 9.90. The zero-order chi connectivity index (χ0) is 15.6. The lowest BCUT2D eigenvalue weighted by atomic mass is 10.2. The molecule has 0 atom stereocenters. The molecule has 0 unspecified atom stereocenters. The molecule has 4 nitrogen and oxygen atoms in total. The van der Waals surface area contributed by atoms with Gasteiger partial charge in [-0.1, -0.05) is 0 Å². The third kappa shape index (κ3) is 3.35. The lowest BCUT2D eigenvalue weighted by Crippen LogP contribution is -2.26. The summed E-state index contributed by atoms with van der Waals surface area (Å²) in [6.07, 6.45) is 0. The average molecular weight is 290 g/mol. The fraction of sp³-hybridized carbons (Fsp3) is 0.438. The van der Waals surface area contributed by atoms with E-state index in [1.165, 1.54) is 0 Å². The van der Waals surface area contributed by atoms with E-state index in [2.05, 4.69) is 15.5 Å². The minimum Gasteiger partial charge on any atom is -0.381 e. The fourth-order valence-electron chi connectivity index (χ4n) is 2.21. The van der Waals surface area contributed by atoms with Gasteiger partial charge in [-0.15, -0.1) is 0 Å². The molecule has 0 aliphatic carbocycles. The van der Waals surface area contributed by atoms with Crippen LogP contribution in [0.1, 0.15) is 30.8 Å². The normalized spacial score (nSPS) is 11.0. The maximum Gasteiger partial charge on any atom is 0.148 e. The van der Waals surface area contributed by atoms with Crippen molar-refractivity contribution >= 4 is 11.4 Å². The van der Waals surface area contributed by atoms with Crippen molar-refractivity contribution in [1.29, 1.82) is 0 Å². The van der Waals surface area contributed by atoms with E-state index in [1.54, 1.807) is 6.07 Å². The van der Waals surface area contributed by atoms with Crippen LogP contribution >= 0.6 is 0 Å². The van der Waals surface area contributed by atoms with Crippen LogP contribution < -0.4 is 10.2 Å². The summed E-state index contributed by atoms with van der Waals surface area (Å²) >= 11 is 0. The molecule has 0 amide bonds. The number of hydrogen-bond acceptors (Lipinski definition) is 3. The van der Waals surface area contributed by atoms with Crippen molar-refractivity contribution in [3.63, 3.8) is 0 Å². The SMILES string of the molecule is Cc1n[nH]c(C)c1CNc1ccc(N(C)C(C)C)c(F)c1. The third-order valence-electron chi connectivity index (χ3n) is 3.85. The Morgan fingerprint density at radius 3 is 2.57 bits per heavy atom. The smallest absolute Gasteiger partial charge is 0.148 e. The van der Waals surface area contributed by atoms with E-state index < -0.39 is 0 Å². The molecule has 0 aliphatic heterocycles. The van der Waals surface area contributed by atoms with E-state index in [4.69, 9.17) is 0 Å². The zero-order valence-corrected chi connectivity index (χ0v) is 13.3. The van der Waals surface area contributed by atoms with E-state index in [-0.39, 0.29) is 11.9 Å². The van der Waals surface area contributed by atoms with Gasteiger partial charge in [0.15, 0.2) is 0 Å². The van der Waals surface area contributed by atoms with Crippen molar-refractivity contribution in [2.24, 2.45) is 0 Å². The van der Waals surface area contributed by atoms with Crippen LogP contribution in [0.25, 0.3) is 0 Å². The van der Waals surface area contributed by atoms with Crippen molar-refractivity contribution in [1.82, 2.24) is 10.2 Å². The van der Waals surface area contributed by atoms with Crippen molar-refractivity contribution in [2.75, 3.05) is 17.3 Å². The van der Waals surface area contributed by atoms with Crippen LogP contribution in [0.2, 0.25) is 0 Å². The number of benzene rings is 1. The van der Waals surface area contributed by atoms with Gasteiger partial charge >= 0.3 is 0 Å². The number of aromatic amines is 1. The van der Waals surface area contributed by atoms with Gasteiger partial charge in [0.25, 0.3) is 0 Å². The Hall–Kier alpha value is -2.04. The van der Waals surface area contributed by atoms with Gasteiger partial charge in [-0.2, -0.15) is 5.10 Å². The molecule has 0 spiro atoms. The molecule has 1 aromatic carbocycles. The molecular formula is C16H23FN4. The summed E-state index contributed by atoms with van der Waals surface area (Å²) < 4.78 is 14.2. The maximum absolute atomic E-state index is 14.2. The van der Waals surface area contributed by atoms with Crippen molar-refractivity contribution in [2.45, 2.75) is 40.3 Å². The summed E-state index contributed by atoms with van der Waals surface area (Å²) in [7, 11) is 1.90. The zero-order valence-electron chi connectivity index (χ0n) is 13.3. The molecule has 0 aliphatic rings. The number of anilines is 2. The molecule has 5 heteroatoms. The highest BCUT2D eigenvalue weighted by molar-refractivity contribution is 5.56. The lowest BCUT2D eigenvalue weighted by molar-refractivity contribution is 0.614. The number of aryl methyl sites for hydroxylation is 2. The molecule has 21 heavy (non-hydrogen) atoms. The van der Waals surface area contributed by atoms with E-state index >= 15 is 0 Å². The highest BCUT2D eigenvalue weighted by Crippen LogP contribution is 2.24. The number of rotatable bonds is 5. The van der Waals surface area contributed by atoms with Crippen LogP contribution in [0.3, 0.4) is 0 Å². The molecule has 114 valence electrons. The first-order valence-corrected chi connectivity index (χ1v) is 7.17. The Morgan fingerprint density at radius 2 is 2.05 bits per heavy atom. The molecule has 0 radical (unpaired) electrons. The summed E-state index contributed by atoms with van der Waals surface area (Å²) in [5.74, 6) is -0.211. The molecular weight excluding hydrogens is 267 g/mol. The van der Waals surface area contributed by atoms with Crippen LogP contribution in [-0.2, 0) is 6.54 Å². The summed E-state index contributed by atoms with van der Waals surface area (Å²) in [6.45, 7) is 8.65. The van der Waals surface area contributed by atoms with Gasteiger partial charge in [-0.3, -0.25) is 5.10 Å². The summed E-state index contributed by atoms with van der Waals surface area (Å²) in [5, 5.41) is 10.4. The molecule has 2 aromatic rings. The summed E-state index contributed by atoms with van der Waals surface area (Å²) in [4.78, 5) is 1.92. The highest BCUT2D eigenvalue weighted by Gasteiger charge is 2.11. The molecule has 2 rings (SSSR count). The highest BCUT2D eigenvalue weighted by atomic mass is 19.1. The molecule has 0 bridgehead atoms. The van der Waals surface area contributed by atoms with Crippen molar-refractivity contribution in [3.05, 3.63) is 41.0 Å². The van der Waals surface area contributed by atoms with Gasteiger partial charge in [-0.05, 0) is 45.9 Å². The molecule has 0 fully saturated rings. The molecule has 1 aromatic heterocycles. The average Bonchev–Trinajstić information content (AvgIpc) is 2.75. The first kappa shape index (κ1) is 15.4. The minimum absolute atomic E-state index is 0.211. The lowest BCUT2D eigenvalue weighted by Gasteiger charge is -2.24. The van der Waals surface area contributed by atoms with Gasteiger partial charge in [0.1, 0.15) is 5.82 Å². The van der Waals surface area contributed by atoms with E-state index in [0.29, 0.717) is 12.2 Å². The van der Waals surface area contributed by atoms with Crippen LogP contribution in [0.15, 0.2) is 18.2 Å². The molecule has 0 saturated heterocycles. The fourth-order valence-corrected chi connectivity index (χ4v) is 2.21. The van der Waals surface area contributed by atoms with Gasteiger partial charge in [0.05, 0.1) is 11.4 Å². The second-order valence-electron chi connectivity index (χ2n) is 5.64. The van der Waals surface area contributed by atoms with E-state index in [1.807, 2.05) is 51.8 Å². The first-order valence-electron chi connectivity index (χ1n) is 7.17. The van der Waals surface area contributed by atoms with E-state index in [9.17, 15) is 4.39 Å². The number of nitrogens with zero attached hydrogens (tertiary/aromatic N) is 2. The van der Waals surface area contributed by atoms with Gasteiger partial charge < -0.3 is 10.2 Å². The number of nitrogens with one attached hydrogen (secondary N) is 2. The Bertz CT molecular complexity index is 599. The number of aromatic nitrogens is 2. The maximum atomic E-state index is 14.2. The second-order valence-corrected chi connectivity index (χ2v) is 5.64. The van der Waals surface area contributed by atoms with Crippen LogP contribution in [0.5, 0.6) is 0 Å². The van der Waals surface area contributed by atoms with Gasteiger partial charge in [-0.25, -0.2) is 4.39 Å². The quantitative estimate of drug-likeness (QED) is 0.884. The molecule has 2 N–H and O–H groups in total.